The number of piperazine rings is 1. The van der Waals surface area contributed by atoms with E-state index in [4.69, 9.17) is 0 Å². The fraction of sp³-hybridized carbons (Fsp3) is 0.759. The molecule has 4 rings (SSSR count). The number of rotatable bonds is 7. The summed E-state index contributed by atoms with van der Waals surface area (Å²) in [5.41, 5.74) is 2.74. The largest absolute Gasteiger partial charge is 0.335 e. The van der Waals surface area contributed by atoms with Crippen LogP contribution in [0.4, 0.5) is 4.79 Å². The van der Waals surface area contributed by atoms with E-state index in [-0.39, 0.29) is 12.1 Å². The van der Waals surface area contributed by atoms with Crippen LogP contribution in [0.3, 0.4) is 0 Å². The van der Waals surface area contributed by atoms with Crippen LogP contribution in [0.15, 0.2) is 24.3 Å². The zero-order chi connectivity index (χ0) is 24.1. The van der Waals surface area contributed by atoms with E-state index in [2.05, 4.69) is 72.0 Å². The molecule has 1 N–H and O–H groups in total. The second-order valence-corrected chi connectivity index (χ2v) is 11.5. The Morgan fingerprint density at radius 2 is 1.53 bits per heavy atom. The van der Waals surface area contributed by atoms with Crippen molar-refractivity contribution in [1.29, 1.82) is 0 Å². The molecule has 3 aliphatic rings. The number of hydrogen-bond donors (Lipinski definition) is 1. The smallest absolute Gasteiger partial charge is 0.317 e. The maximum Gasteiger partial charge on any atom is 0.317 e. The van der Waals surface area contributed by atoms with Gasteiger partial charge in [0.15, 0.2) is 0 Å². The first-order valence-corrected chi connectivity index (χ1v) is 14.0. The van der Waals surface area contributed by atoms with Gasteiger partial charge in [0.05, 0.1) is 0 Å². The number of hydrogen-bond acceptors (Lipinski definition) is 3. The Bertz CT molecular complexity index is 757. The topological polar surface area (TPSA) is 38.8 Å². The van der Waals surface area contributed by atoms with Gasteiger partial charge in [-0.05, 0) is 63.9 Å². The van der Waals surface area contributed by atoms with Crippen molar-refractivity contribution in [2.45, 2.75) is 84.2 Å². The molecule has 3 fully saturated rings. The lowest BCUT2D eigenvalue weighted by atomic mass is 9.84. The first kappa shape index (κ1) is 25.5. The number of urea groups is 1. The van der Waals surface area contributed by atoms with Crippen molar-refractivity contribution in [3.63, 3.8) is 0 Å². The minimum absolute atomic E-state index is 0.155. The molecule has 0 spiro atoms. The van der Waals surface area contributed by atoms with Crippen molar-refractivity contribution in [2.24, 2.45) is 11.8 Å². The number of aryl methyl sites for hydroxylation is 1. The molecule has 2 aliphatic heterocycles. The third-order valence-corrected chi connectivity index (χ3v) is 8.94. The molecular weight excluding hydrogens is 420 g/mol. The highest BCUT2D eigenvalue weighted by Crippen LogP contribution is 2.34. The summed E-state index contributed by atoms with van der Waals surface area (Å²) in [6.45, 7) is 16.5. The number of benzene rings is 1. The predicted molar refractivity (Wildman–Crippen MR) is 141 cm³/mol. The lowest BCUT2D eigenvalue weighted by molar-refractivity contribution is 0.0791. The molecule has 2 saturated heterocycles. The zero-order valence-electron chi connectivity index (χ0n) is 22.1. The highest BCUT2D eigenvalue weighted by molar-refractivity contribution is 5.74. The van der Waals surface area contributed by atoms with E-state index in [1.54, 1.807) is 0 Å². The van der Waals surface area contributed by atoms with Crippen LogP contribution < -0.4 is 5.32 Å². The molecule has 2 unspecified atom stereocenters. The SMILES string of the molecule is Cc1ccc(C2CCN(C(=O)NC(C)C(CN3CCN(C(C)C)CC3)C3CCCC3)CC2)cc1. The van der Waals surface area contributed by atoms with Gasteiger partial charge in [0.1, 0.15) is 0 Å². The Balaban J connectivity index is 1.29. The fourth-order valence-corrected chi connectivity index (χ4v) is 6.51. The highest BCUT2D eigenvalue weighted by Gasteiger charge is 2.34. The van der Waals surface area contributed by atoms with E-state index in [0.29, 0.717) is 17.9 Å². The van der Waals surface area contributed by atoms with Crippen LogP contribution in [-0.4, -0.2) is 78.6 Å². The molecule has 1 aliphatic carbocycles. The van der Waals surface area contributed by atoms with Gasteiger partial charge < -0.3 is 15.1 Å². The van der Waals surface area contributed by atoms with Crippen LogP contribution in [0.1, 0.15) is 76.3 Å². The fourth-order valence-electron chi connectivity index (χ4n) is 6.51. The maximum absolute atomic E-state index is 13.2. The summed E-state index contributed by atoms with van der Waals surface area (Å²) in [7, 11) is 0. The normalized spacial score (nSPS) is 23.4. The molecule has 0 bridgehead atoms. The Morgan fingerprint density at radius 1 is 0.912 bits per heavy atom. The predicted octanol–water partition coefficient (Wildman–Crippen LogP) is 5.10. The molecule has 5 heteroatoms. The van der Waals surface area contributed by atoms with Gasteiger partial charge in [-0.3, -0.25) is 4.90 Å². The number of amides is 2. The van der Waals surface area contributed by atoms with Crippen molar-refractivity contribution in [2.75, 3.05) is 45.8 Å². The minimum atomic E-state index is 0.155. The standard InChI is InChI=1S/C29H48N4O/c1-22(2)32-19-17-31(18-20-32)21-28(27-7-5-6-8-27)24(4)30-29(34)33-15-13-26(14-16-33)25-11-9-23(3)10-12-25/h9-12,22,24,26-28H,5-8,13-21H2,1-4H3,(H,30,34). The van der Waals surface area contributed by atoms with Crippen molar-refractivity contribution >= 4 is 6.03 Å². The van der Waals surface area contributed by atoms with Crippen LogP contribution >= 0.6 is 0 Å². The van der Waals surface area contributed by atoms with Crippen molar-refractivity contribution < 1.29 is 4.79 Å². The van der Waals surface area contributed by atoms with E-state index in [9.17, 15) is 4.79 Å². The first-order valence-electron chi connectivity index (χ1n) is 14.0. The molecule has 2 atom stereocenters. The summed E-state index contributed by atoms with van der Waals surface area (Å²) >= 11 is 0. The van der Waals surface area contributed by atoms with E-state index >= 15 is 0 Å². The third-order valence-electron chi connectivity index (χ3n) is 8.94. The van der Waals surface area contributed by atoms with Crippen molar-refractivity contribution in [1.82, 2.24) is 20.0 Å². The number of likely N-dealkylation sites (tertiary alicyclic amines) is 1. The van der Waals surface area contributed by atoms with Crippen molar-refractivity contribution in [3.05, 3.63) is 35.4 Å². The molecular formula is C29H48N4O. The second-order valence-electron chi connectivity index (χ2n) is 11.5. The summed E-state index contributed by atoms with van der Waals surface area (Å²) in [6.07, 6.45) is 7.51. The number of carbonyl (C=O) groups is 1. The quantitative estimate of drug-likeness (QED) is 0.605. The molecule has 0 radical (unpaired) electrons. The van der Waals surface area contributed by atoms with Crippen LogP contribution in [0, 0.1) is 18.8 Å². The van der Waals surface area contributed by atoms with Crippen LogP contribution in [0.5, 0.6) is 0 Å². The molecule has 5 nitrogen and oxygen atoms in total. The van der Waals surface area contributed by atoms with Gasteiger partial charge in [-0.2, -0.15) is 0 Å². The van der Waals surface area contributed by atoms with Gasteiger partial charge in [0, 0.05) is 57.9 Å². The molecule has 1 saturated carbocycles. The number of nitrogens with one attached hydrogen (secondary N) is 1. The zero-order valence-corrected chi connectivity index (χ0v) is 22.1. The average Bonchev–Trinajstić information content (AvgIpc) is 3.38. The number of piperidine rings is 1. The molecule has 34 heavy (non-hydrogen) atoms. The van der Waals surface area contributed by atoms with Gasteiger partial charge in [0.25, 0.3) is 0 Å². The van der Waals surface area contributed by atoms with Gasteiger partial charge in [-0.25, -0.2) is 4.79 Å². The Hall–Kier alpha value is -1.59. The van der Waals surface area contributed by atoms with E-state index in [1.807, 2.05) is 0 Å². The summed E-state index contributed by atoms with van der Waals surface area (Å²) in [5.74, 6) is 1.89. The molecule has 0 aromatic heterocycles. The van der Waals surface area contributed by atoms with Crippen LogP contribution in [0.25, 0.3) is 0 Å². The Labute approximate surface area is 208 Å². The summed E-state index contributed by atoms with van der Waals surface area (Å²) in [4.78, 5) is 20.5. The summed E-state index contributed by atoms with van der Waals surface area (Å²) in [5, 5.41) is 3.46. The molecule has 2 amide bonds. The van der Waals surface area contributed by atoms with Gasteiger partial charge >= 0.3 is 6.03 Å². The maximum atomic E-state index is 13.2. The monoisotopic (exact) mass is 468 g/mol. The highest BCUT2D eigenvalue weighted by atomic mass is 16.2. The molecule has 1 aromatic rings. The molecule has 2 heterocycles. The van der Waals surface area contributed by atoms with Gasteiger partial charge in [0.2, 0.25) is 0 Å². The Kier molecular flexibility index (Phi) is 8.92. The first-order chi connectivity index (χ1) is 16.4. The second kappa shape index (κ2) is 11.9. The molecule has 1 aromatic carbocycles. The van der Waals surface area contributed by atoms with Crippen LogP contribution in [0.2, 0.25) is 0 Å². The number of nitrogens with zero attached hydrogens (tertiary/aromatic N) is 3. The average molecular weight is 469 g/mol. The van der Waals surface area contributed by atoms with E-state index in [0.717, 1.165) is 51.5 Å². The van der Waals surface area contributed by atoms with Crippen molar-refractivity contribution in [3.8, 4) is 0 Å². The lowest BCUT2D eigenvalue weighted by Crippen LogP contribution is -2.54. The third kappa shape index (κ3) is 6.54. The molecule has 190 valence electrons. The van der Waals surface area contributed by atoms with E-state index < -0.39 is 0 Å². The minimum Gasteiger partial charge on any atom is -0.335 e. The Morgan fingerprint density at radius 3 is 2.12 bits per heavy atom. The van der Waals surface area contributed by atoms with Gasteiger partial charge in [-0.15, -0.1) is 0 Å². The van der Waals surface area contributed by atoms with Gasteiger partial charge in [-0.1, -0.05) is 55.5 Å². The summed E-state index contributed by atoms with van der Waals surface area (Å²) < 4.78 is 0. The lowest BCUT2D eigenvalue weighted by Gasteiger charge is -2.41. The van der Waals surface area contributed by atoms with E-state index in [1.165, 1.54) is 49.9 Å². The number of carbonyl (C=O) groups excluding carboxylic acids is 1. The summed E-state index contributed by atoms with van der Waals surface area (Å²) in [6, 6.07) is 9.98. The van der Waals surface area contributed by atoms with Crippen LogP contribution in [-0.2, 0) is 0 Å².